The van der Waals surface area contributed by atoms with Crippen LogP contribution in [0.1, 0.15) is 296 Å². The quantitative estimate of drug-likeness (QED) is 0.0321. The minimum atomic E-state index is -0.696. The van der Waals surface area contributed by atoms with Crippen LogP contribution in [0.15, 0.2) is 24.3 Å². The molecule has 2 unspecified atom stereocenters. The Morgan fingerprint density at radius 2 is 0.774 bits per heavy atom. The fraction of sp³-hybridized carbons (Fsp3) is 0.893. The molecular weight excluding hydrogens is 767 g/mol. The lowest BCUT2D eigenvalue weighted by Gasteiger charge is -2.22. The van der Waals surface area contributed by atoms with Crippen LogP contribution in [0.5, 0.6) is 0 Å². The van der Waals surface area contributed by atoms with Gasteiger partial charge in [-0.3, -0.25) is 9.59 Å². The Morgan fingerprint density at radius 3 is 1.18 bits per heavy atom. The monoisotopic (exact) mass is 874 g/mol. The lowest BCUT2D eigenvalue weighted by atomic mass is 10.0. The molecule has 62 heavy (non-hydrogen) atoms. The molecule has 366 valence electrons. The van der Waals surface area contributed by atoms with Crippen LogP contribution < -0.4 is 5.32 Å². The zero-order valence-electron chi connectivity index (χ0n) is 41.6. The summed E-state index contributed by atoms with van der Waals surface area (Å²) in [6.45, 7) is 4.86. The van der Waals surface area contributed by atoms with Crippen molar-refractivity contribution in [3.8, 4) is 0 Å². The number of rotatable bonds is 51. The molecule has 0 aliphatic heterocycles. The van der Waals surface area contributed by atoms with Crippen molar-refractivity contribution in [3.63, 3.8) is 0 Å². The van der Waals surface area contributed by atoms with Gasteiger partial charge in [0.15, 0.2) is 0 Å². The highest BCUT2D eigenvalue weighted by Gasteiger charge is 2.20. The summed E-state index contributed by atoms with van der Waals surface area (Å²) in [5.74, 6) is -0.137. The number of ether oxygens (including phenoxy) is 1. The first-order valence-electron chi connectivity index (χ1n) is 27.6. The van der Waals surface area contributed by atoms with Gasteiger partial charge in [-0.25, -0.2) is 0 Å². The predicted molar refractivity (Wildman–Crippen MR) is 269 cm³/mol. The number of carbonyl (C=O) groups is 2. The number of aliphatic hydroxyl groups excluding tert-OH is 2. The molecule has 0 aliphatic rings. The first-order valence-corrected chi connectivity index (χ1v) is 27.6. The molecule has 0 heterocycles. The van der Waals surface area contributed by atoms with Crippen molar-refractivity contribution in [2.45, 2.75) is 309 Å². The van der Waals surface area contributed by atoms with Crippen molar-refractivity contribution in [1.29, 1.82) is 0 Å². The van der Waals surface area contributed by atoms with Crippen LogP contribution in [0.3, 0.4) is 0 Å². The largest absolute Gasteiger partial charge is 0.466 e. The smallest absolute Gasteiger partial charge is 0.305 e. The highest BCUT2D eigenvalue weighted by Crippen LogP contribution is 2.17. The van der Waals surface area contributed by atoms with E-state index in [1.807, 2.05) is 0 Å². The normalized spacial score (nSPS) is 12.8. The molecule has 0 rings (SSSR count). The van der Waals surface area contributed by atoms with E-state index in [2.05, 4.69) is 43.5 Å². The van der Waals surface area contributed by atoms with E-state index in [1.54, 1.807) is 0 Å². The fourth-order valence-corrected chi connectivity index (χ4v) is 8.46. The third-order valence-electron chi connectivity index (χ3n) is 12.7. The molecule has 0 aromatic rings. The molecule has 0 aliphatic carbocycles. The van der Waals surface area contributed by atoms with Crippen molar-refractivity contribution in [2.75, 3.05) is 13.2 Å². The fourth-order valence-electron chi connectivity index (χ4n) is 8.46. The Hall–Kier alpha value is -1.66. The molecule has 6 nitrogen and oxygen atoms in total. The van der Waals surface area contributed by atoms with Gasteiger partial charge in [0.25, 0.3) is 0 Å². The van der Waals surface area contributed by atoms with Crippen LogP contribution in [0, 0.1) is 0 Å². The molecule has 6 heteroatoms. The van der Waals surface area contributed by atoms with Gasteiger partial charge in [0.2, 0.25) is 5.91 Å². The molecule has 1 amide bonds. The van der Waals surface area contributed by atoms with Crippen LogP contribution in [-0.4, -0.2) is 47.4 Å². The summed E-state index contributed by atoms with van der Waals surface area (Å²) < 4.78 is 5.43. The van der Waals surface area contributed by atoms with Crippen LogP contribution in [0.25, 0.3) is 0 Å². The number of hydrogen-bond donors (Lipinski definition) is 3. The van der Waals surface area contributed by atoms with E-state index < -0.39 is 12.1 Å². The molecule has 2 atom stereocenters. The third kappa shape index (κ3) is 47.8. The average Bonchev–Trinajstić information content (AvgIpc) is 3.27. The Kier molecular flexibility index (Phi) is 50.6. The molecule has 0 aromatic heterocycles. The zero-order valence-corrected chi connectivity index (χ0v) is 41.6. The van der Waals surface area contributed by atoms with E-state index in [9.17, 15) is 19.8 Å². The summed E-state index contributed by atoms with van der Waals surface area (Å²) in [6, 6.07) is -0.580. The number of aliphatic hydroxyl groups is 2. The van der Waals surface area contributed by atoms with Crippen molar-refractivity contribution in [1.82, 2.24) is 5.32 Å². The second kappa shape index (κ2) is 52.0. The molecule has 0 saturated carbocycles. The highest BCUT2D eigenvalue weighted by atomic mass is 16.5. The lowest BCUT2D eigenvalue weighted by Crippen LogP contribution is -2.45. The zero-order chi connectivity index (χ0) is 45.1. The molecule has 0 radical (unpaired) electrons. The number of carbonyl (C=O) groups excluding carboxylic acids is 2. The Morgan fingerprint density at radius 1 is 0.435 bits per heavy atom. The summed E-state index contributed by atoms with van der Waals surface area (Å²) in [5, 5.41) is 23.3. The molecule has 0 fully saturated rings. The topological polar surface area (TPSA) is 95.9 Å². The molecule has 0 aromatic carbocycles. The summed E-state index contributed by atoms with van der Waals surface area (Å²) in [4.78, 5) is 24.5. The minimum Gasteiger partial charge on any atom is -0.466 e. The van der Waals surface area contributed by atoms with Crippen LogP contribution in [0.4, 0.5) is 0 Å². The van der Waals surface area contributed by atoms with Crippen LogP contribution in [0.2, 0.25) is 0 Å². The van der Waals surface area contributed by atoms with Crippen molar-refractivity contribution in [3.05, 3.63) is 24.3 Å². The Bertz CT molecular complexity index is 966. The van der Waals surface area contributed by atoms with E-state index >= 15 is 0 Å². The highest BCUT2D eigenvalue weighted by molar-refractivity contribution is 5.76. The third-order valence-corrected chi connectivity index (χ3v) is 12.7. The first kappa shape index (κ1) is 60.3. The maximum Gasteiger partial charge on any atom is 0.305 e. The van der Waals surface area contributed by atoms with Gasteiger partial charge in [0.1, 0.15) is 0 Å². The summed E-state index contributed by atoms with van der Waals surface area (Å²) in [5.41, 5.74) is 0. The number of esters is 1. The summed E-state index contributed by atoms with van der Waals surface area (Å²) >= 11 is 0. The SMILES string of the molecule is CCCCCCC/C=C\CCCCCCCC(=O)OCCCCCC/C=C\CCCC(=O)NC(CO)C(O)CCCCCCCCCCCCCCCCCCCCCCCC. The maximum absolute atomic E-state index is 12.5. The molecular formula is C56H107NO5. The van der Waals surface area contributed by atoms with Crippen molar-refractivity contribution in [2.24, 2.45) is 0 Å². The average molecular weight is 874 g/mol. The summed E-state index contributed by atoms with van der Waals surface area (Å²) in [7, 11) is 0. The van der Waals surface area contributed by atoms with Gasteiger partial charge < -0.3 is 20.3 Å². The lowest BCUT2D eigenvalue weighted by molar-refractivity contribution is -0.143. The number of nitrogens with one attached hydrogen (secondary N) is 1. The van der Waals surface area contributed by atoms with Gasteiger partial charge in [-0.1, -0.05) is 237 Å². The number of allylic oxidation sites excluding steroid dienone is 4. The second-order valence-corrected chi connectivity index (χ2v) is 18.9. The van der Waals surface area contributed by atoms with Gasteiger partial charge in [-0.05, 0) is 70.6 Å². The predicted octanol–water partition coefficient (Wildman–Crippen LogP) is 16.7. The molecule has 0 bridgehead atoms. The number of unbranched alkanes of at least 4 members (excludes halogenated alkanes) is 36. The summed E-state index contributed by atoms with van der Waals surface area (Å²) in [6.07, 6.45) is 61.7. The van der Waals surface area contributed by atoms with Gasteiger partial charge >= 0.3 is 5.97 Å². The van der Waals surface area contributed by atoms with Gasteiger partial charge in [0.05, 0.1) is 25.4 Å². The standard InChI is InChI=1S/C56H107NO5/c1-3-5-7-9-11-13-15-17-19-20-21-22-23-24-25-26-27-29-32-36-40-44-48-54(59)53(52-58)57-55(60)49-45-41-37-33-31-35-39-43-47-51-62-56(61)50-46-42-38-34-30-28-18-16-14-12-10-8-6-4-2/h16,18,33,37,53-54,58-59H,3-15,17,19-32,34-36,38-52H2,1-2H3,(H,57,60)/b18-16-,37-33-. The van der Waals surface area contributed by atoms with E-state index in [0.717, 1.165) is 70.6 Å². The molecule has 0 saturated heterocycles. The minimum absolute atomic E-state index is 0.0435. The molecule has 3 N–H and O–H groups in total. The Labute approximate surface area is 386 Å². The second-order valence-electron chi connectivity index (χ2n) is 18.9. The first-order chi connectivity index (χ1) is 30.5. The van der Waals surface area contributed by atoms with E-state index in [1.165, 1.54) is 193 Å². The van der Waals surface area contributed by atoms with Crippen molar-refractivity contribution >= 4 is 11.9 Å². The number of amides is 1. The van der Waals surface area contributed by atoms with E-state index in [0.29, 0.717) is 25.9 Å². The van der Waals surface area contributed by atoms with E-state index in [-0.39, 0.29) is 18.5 Å². The van der Waals surface area contributed by atoms with E-state index in [4.69, 9.17) is 4.74 Å². The van der Waals surface area contributed by atoms with Crippen molar-refractivity contribution < 1.29 is 24.5 Å². The van der Waals surface area contributed by atoms with Gasteiger partial charge in [-0.2, -0.15) is 0 Å². The molecule has 0 spiro atoms. The Balaban J connectivity index is 3.53. The maximum atomic E-state index is 12.5. The van der Waals surface area contributed by atoms with Gasteiger partial charge in [-0.15, -0.1) is 0 Å². The number of hydrogen-bond acceptors (Lipinski definition) is 5. The van der Waals surface area contributed by atoms with Crippen LogP contribution >= 0.6 is 0 Å². The van der Waals surface area contributed by atoms with Gasteiger partial charge in [0, 0.05) is 12.8 Å². The van der Waals surface area contributed by atoms with Crippen LogP contribution in [-0.2, 0) is 14.3 Å².